The molecule has 0 unspecified atom stereocenters. The summed E-state index contributed by atoms with van der Waals surface area (Å²) in [5, 5.41) is 0.525. The Balaban J connectivity index is 2.33. The van der Waals surface area contributed by atoms with E-state index >= 15 is 0 Å². The Kier molecular flexibility index (Phi) is 5.80. The number of hydrogen-bond donors (Lipinski definition) is 0. The van der Waals surface area contributed by atoms with Gasteiger partial charge in [-0.15, -0.1) is 11.8 Å². The van der Waals surface area contributed by atoms with Crippen molar-refractivity contribution >= 4 is 46.6 Å². The third-order valence-corrected chi connectivity index (χ3v) is 3.58. The van der Waals surface area contributed by atoms with E-state index in [4.69, 9.17) is 34.8 Å². The minimum atomic E-state index is 0.167. The smallest absolute Gasteiger partial charge is 0.121 e. The lowest BCUT2D eigenvalue weighted by molar-refractivity contribution is 1.21. The largest absolute Gasteiger partial charge is 0.126 e. The second-order valence-corrected chi connectivity index (χ2v) is 5.15. The van der Waals surface area contributed by atoms with E-state index in [0.29, 0.717) is 11.5 Å². The number of benzene rings is 1. The van der Waals surface area contributed by atoms with Gasteiger partial charge in [0, 0.05) is 15.7 Å². The Morgan fingerprint density at radius 3 is 2.29 bits per heavy atom. The summed E-state index contributed by atoms with van der Waals surface area (Å²) in [5.74, 6) is 0.881. The molecule has 0 N–H and O–H groups in total. The molecule has 1 aromatic rings. The van der Waals surface area contributed by atoms with Crippen molar-refractivity contribution in [2.75, 3.05) is 5.75 Å². The summed E-state index contributed by atoms with van der Waals surface area (Å²) in [6, 6.07) is 10.1. The normalized spacial score (nSPS) is 9.93. The molecule has 0 atom stereocenters. The summed E-state index contributed by atoms with van der Waals surface area (Å²) in [7, 11) is 0. The van der Waals surface area contributed by atoms with Gasteiger partial charge in [-0.1, -0.05) is 53.0 Å². The van der Waals surface area contributed by atoms with Gasteiger partial charge < -0.3 is 0 Å². The summed E-state index contributed by atoms with van der Waals surface area (Å²) in [6.45, 7) is 0. The second kappa shape index (κ2) is 6.62. The number of rotatable bonds is 4. The molecule has 0 bridgehead atoms. The van der Waals surface area contributed by atoms with Crippen molar-refractivity contribution in [2.45, 2.75) is 11.3 Å². The molecule has 0 nitrogen and oxygen atoms in total. The number of allylic oxidation sites excluding steroid dienone is 1. The van der Waals surface area contributed by atoms with E-state index < -0.39 is 0 Å². The van der Waals surface area contributed by atoms with Gasteiger partial charge >= 0.3 is 0 Å². The van der Waals surface area contributed by atoms with E-state index in [9.17, 15) is 0 Å². The van der Waals surface area contributed by atoms with Crippen molar-refractivity contribution in [2.24, 2.45) is 0 Å². The zero-order chi connectivity index (χ0) is 10.4. The van der Waals surface area contributed by atoms with Crippen LogP contribution >= 0.6 is 46.6 Å². The highest BCUT2D eigenvalue weighted by molar-refractivity contribution is 7.99. The van der Waals surface area contributed by atoms with Crippen LogP contribution in [-0.2, 0) is 0 Å². The average Bonchev–Trinajstić information content (AvgIpc) is 2.19. The van der Waals surface area contributed by atoms with Gasteiger partial charge in [0.1, 0.15) is 4.49 Å². The van der Waals surface area contributed by atoms with Gasteiger partial charge in [0.2, 0.25) is 0 Å². The van der Waals surface area contributed by atoms with Gasteiger partial charge in [-0.2, -0.15) is 0 Å². The molecular weight excluding hydrogens is 259 g/mol. The summed E-state index contributed by atoms with van der Waals surface area (Å²) in [6.07, 6.45) is 0.698. The number of halogens is 3. The summed E-state index contributed by atoms with van der Waals surface area (Å²) in [5.41, 5.74) is 0. The van der Waals surface area contributed by atoms with Gasteiger partial charge in [-0.3, -0.25) is 0 Å². The first kappa shape index (κ1) is 12.3. The molecule has 4 heteroatoms. The summed E-state index contributed by atoms with van der Waals surface area (Å²) in [4.78, 5) is 1.22. The molecule has 0 spiro atoms. The van der Waals surface area contributed by atoms with Crippen LogP contribution in [0.3, 0.4) is 0 Å². The van der Waals surface area contributed by atoms with Gasteiger partial charge in [0.15, 0.2) is 0 Å². The first-order chi connectivity index (χ1) is 6.70. The third-order valence-electron chi connectivity index (χ3n) is 1.54. The molecule has 0 saturated heterocycles. The fourth-order valence-electron chi connectivity index (χ4n) is 0.870. The topological polar surface area (TPSA) is 0 Å². The molecule has 14 heavy (non-hydrogen) atoms. The van der Waals surface area contributed by atoms with E-state index in [-0.39, 0.29) is 4.49 Å². The quantitative estimate of drug-likeness (QED) is 0.688. The number of thioether (sulfide) groups is 1. The molecular formula is C10H9Cl3S. The monoisotopic (exact) mass is 266 g/mol. The molecule has 0 aromatic heterocycles. The molecule has 0 heterocycles. The van der Waals surface area contributed by atoms with Crippen LogP contribution in [0.15, 0.2) is 44.8 Å². The third kappa shape index (κ3) is 4.61. The van der Waals surface area contributed by atoms with Crippen LogP contribution in [-0.4, -0.2) is 5.75 Å². The minimum Gasteiger partial charge on any atom is -0.126 e. The van der Waals surface area contributed by atoms with E-state index in [1.54, 1.807) is 11.8 Å². The van der Waals surface area contributed by atoms with Gasteiger partial charge in [-0.05, 0) is 18.6 Å². The highest BCUT2D eigenvalue weighted by Gasteiger charge is 1.99. The Hall–Kier alpha value is 0.180. The first-order valence-corrected chi connectivity index (χ1v) is 6.19. The lowest BCUT2D eigenvalue weighted by atomic mass is 10.4. The van der Waals surface area contributed by atoms with E-state index in [2.05, 4.69) is 12.1 Å². The SMILES string of the molecule is ClC(Cl)=C(Cl)CCSc1ccccc1. The van der Waals surface area contributed by atoms with E-state index in [0.717, 1.165) is 5.75 Å². The first-order valence-electron chi connectivity index (χ1n) is 4.07. The van der Waals surface area contributed by atoms with Crippen LogP contribution in [0.5, 0.6) is 0 Å². The molecule has 1 aromatic carbocycles. The fraction of sp³-hybridized carbons (Fsp3) is 0.200. The minimum absolute atomic E-state index is 0.167. The Morgan fingerprint density at radius 1 is 1.07 bits per heavy atom. The zero-order valence-electron chi connectivity index (χ0n) is 7.34. The zero-order valence-corrected chi connectivity index (χ0v) is 10.4. The van der Waals surface area contributed by atoms with Gasteiger partial charge in [0.25, 0.3) is 0 Å². The Morgan fingerprint density at radius 2 is 1.71 bits per heavy atom. The lowest BCUT2D eigenvalue weighted by Crippen LogP contribution is -1.80. The van der Waals surface area contributed by atoms with Crippen molar-refractivity contribution in [3.8, 4) is 0 Å². The van der Waals surface area contributed by atoms with Crippen LogP contribution in [0.1, 0.15) is 6.42 Å². The van der Waals surface area contributed by atoms with Crippen molar-refractivity contribution in [1.82, 2.24) is 0 Å². The van der Waals surface area contributed by atoms with Crippen molar-refractivity contribution < 1.29 is 0 Å². The van der Waals surface area contributed by atoms with E-state index in [1.165, 1.54) is 4.90 Å². The Bertz CT molecular complexity index is 304. The second-order valence-electron chi connectivity index (χ2n) is 2.58. The Labute approximate surface area is 103 Å². The highest BCUT2D eigenvalue weighted by Crippen LogP contribution is 2.25. The van der Waals surface area contributed by atoms with Crippen LogP contribution < -0.4 is 0 Å². The summed E-state index contributed by atoms with van der Waals surface area (Å²) >= 11 is 18.5. The standard InChI is InChI=1S/C10H9Cl3S/c11-9(10(12)13)6-7-14-8-4-2-1-3-5-8/h1-5H,6-7H2. The molecule has 0 aliphatic carbocycles. The van der Waals surface area contributed by atoms with Crippen LogP contribution in [0, 0.1) is 0 Å². The maximum atomic E-state index is 5.78. The summed E-state index contributed by atoms with van der Waals surface area (Å²) < 4.78 is 0.167. The van der Waals surface area contributed by atoms with E-state index in [1.807, 2.05) is 18.2 Å². The molecule has 0 aliphatic rings. The molecule has 0 amide bonds. The van der Waals surface area contributed by atoms with Crippen LogP contribution in [0.25, 0.3) is 0 Å². The van der Waals surface area contributed by atoms with Crippen molar-refractivity contribution in [1.29, 1.82) is 0 Å². The van der Waals surface area contributed by atoms with Gasteiger partial charge in [0.05, 0.1) is 0 Å². The fourth-order valence-corrected chi connectivity index (χ4v) is 2.16. The lowest BCUT2D eigenvalue weighted by Gasteiger charge is -2.00. The molecule has 0 saturated carbocycles. The van der Waals surface area contributed by atoms with Crippen LogP contribution in [0.2, 0.25) is 0 Å². The average molecular weight is 268 g/mol. The molecule has 0 aliphatic heterocycles. The molecule has 0 fully saturated rings. The predicted molar refractivity (Wildman–Crippen MR) is 66.4 cm³/mol. The molecule has 0 radical (unpaired) electrons. The maximum Gasteiger partial charge on any atom is 0.121 e. The highest BCUT2D eigenvalue weighted by atomic mass is 35.5. The molecule has 76 valence electrons. The molecule has 1 rings (SSSR count). The predicted octanol–water partition coefficient (Wildman–Crippen LogP) is 5.05. The van der Waals surface area contributed by atoms with Crippen molar-refractivity contribution in [3.63, 3.8) is 0 Å². The van der Waals surface area contributed by atoms with Gasteiger partial charge in [-0.25, -0.2) is 0 Å². The maximum absolute atomic E-state index is 5.78. The number of hydrogen-bond acceptors (Lipinski definition) is 1. The van der Waals surface area contributed by atoms with Crippen molar-refractivity contribution in [3.05, 3.63) is 39.9 Å². The van der Waals surface area contributed by atoms with Crippen LogP contribution in [0.4, 0.5) is 0 Å².